The Hall–Kier alpha value is -1.59. The van der Waals surface area contributed by atoms with Gasteiger partial charge < -0.3 is 4.74 Å². The quantitative estimate of drug-likeness (QED) is 0.673. The Kier molecular flexibility index (Phi) is 3.63. The van der Waals surface area contributed by atoms with Crippen molar-refractivity contribution in [2.24, 2.45) is 0 Å². The molecule has 0 unspecified atom stereocenters. The number of fused-ring (bicyclic) bond motifs is 1. The summed E-state index contributed by atoms with van der Waals surface area (Å²) >= 11 is 9.64. The van der Waals surface area contributed by atoms with Gasteiger partial charge in [-0.3, -0.25) is 4.40 Å². The molecular weight excluding hydrogens is 354 g/mol. The lowest BCUT2D eigenvalue weighted by atomic mass is 10.1. The topological polar surface area (TPSA) is 39.4 Å². The standard InChI is InChI=1S/C15H13BrClN3O/c1-8-14(16)9(2)20-7-12(19-15(20)18-8)11-6-10(17)4-5-13(11)21-3/h4-7H,1-3H3. The highest BCUT2D eigenvalue weighted by atomic mass is 79.9. The third-order valence-corrected chi connectivity index (χ3v) is 4.77. The number of aromatic nitrogens is 3. The van der Waals surface area contributed by atoms with Crippen LogP contribution in [-0.2, 0) is 0 Å². The van der Waals surface area contributed by atoms with Gasteiger partial charge in [0.25, 0.3) is 0 Å². The van der Waals surface area contributed by atoms with Crippen molar-refractivity contribution in [2.45, 2.75) is 13.8 Å². The molecule has 108 valence electrons. The first-order valence-electron chi connectivity index (χ1n) is 6.37. The molecule has 0 fully saturated rings. The molecular formula is C15H13BrClN3O. The smallest absolute Gasteiger partial charge is 0.234 e. The van der Waals surface area contributed by atoms with E-state index in [4.69, 9.17) is 16.3 Å². The number of hydrogen-bond donors (Lipinski definition) is 0. The fourth-order valence-electron chi connectivity index (χ4n) is 2.27. The number of halogens is 2. The molecule has 0 radical (unpaired) electrons. The number of methoxy groups -OCH3 is 1. The maximum Gasteiger partial charge on any atom is 0.234 e. The number of nitrogens with zero attached hydrogens (tertiary/aromatic N) is 3. The molecule has 2 aromatic heterocycles. The summed E-state index contributed by atoms with van der Waals surface area (Å²) < 4.78 is 8.33. The van der Waals surface area contributed by atoms with Crippen LogP contribution in [0.25, 0.3) is 17.0 Å². The largest absolute Gasteiger partial charge is 0.496 e. The summed E-state index contributed by atoms with van der Waals surface area (Å²) in [5, 5.41) is 0.643. The van der Waals surface area contributed by atoms with Gasteiger partial charge in [-0.1, -0.05) is 11.6 Å². The lowest BCUT2D eigenvalue weighted by Crippen LogP contribution is -1.97. The molecule has 6 heteroatoms. The van der Waals surface area contributed by atoms with E-state index in [1.54, 1.807) is 13.2 Å². The molecule has 21 heavy (non-hydrogen) atoms. The van der Waals surface area contributed by atoms with Crippen molar-refractivity contribution in [2.75, 3.05) is 7.11 Å². The first-order chi connectivity index (χ1) is 10.0. The second-order valence-electron chi connectivity index (χ2n) is 4.74. The number of hydrogen-bond acceptors (Lipinski definition) is 3. The highest BCUT2D eigenvalue weighted by molar-refractivity contribution is 9.10. The molecule has 0 saturated carbocycles. The second-order valence-corrected chi connectivity index (χ2v) is 5.97. The van der Waals surface area contributed by atoms with Crippen LogP contribution in [0.4, 0.5) is 0 Å². The van der Waals surface area contributed by atoms with Crippen LogP contribution in [0.15, 0.2) is 28.9 Å². The van der Waals surface area contributed by atoms with Gasteiger partial charge in [0.15, 0.2) is 0 Å². The molecule has 0 aliphatic heterocycles. The lowest BCUT2D eigenvalue weighted by Gasteiger charge is -2.06. The molecule has 1 aromatic carbocycles. The van der Waals surface area contributed by atoms with Crippen molar-refractivity contribution in [1.82, 2.24) is 14.4 Å². The molecule has 2 heterocycles. The molecule has 3 aromatic rings. The van der Waals surface area contributed by atoms with Crippen LogP contribution in [0.2, 0.25) is 5.02 Å². The van der Waals surface area contributed by atoms with Crippen molar-refractivity contribution >= 4 is 33.3 Å². The summed E-state index contributed by atoms with van der Waals surface area (Å²) in [6, 6.07) is 5.48. The zero-order chi connectivity index (χ0) is 15.1. The Morgan fingerprint density at radius 1 is 1.24 bits per heavy atom. The van der Waals surface area contributed by atoms with Gasteiger partial charge in [0, 0.05) is 22.5 Å². The zero-order valence-corrected chi connectivity index (χ0v) is 14.2. The molecule has 0 aliphatic carbocycles. The summed E-state index contributed by atoms with van der Waals surface area (Å²) in [6.07, 6.45) is 1.94. The number of aryl methyl sites for hydroxylation is 2. The van der Waals surface area contributed by atoms with E-state index in [0.29, 0.717) is 10.8 Å². The third kappa shape index (κ3) is 2.40. The van der Waals surface area contributed by atoms with Crippen LogP contribution in [0.1, 0.15) is 11.4 Å². The predicted molar refractivity (Wildman–Crippen MR) is 87.2 cm³/mol. The summed E-state index contributed by atoms with van der Waals surface area (Å²) in [4.78, 5) is 9.08. The average Bonchev–Trinajstić information content (AvgIpc) is 2.88. The Labute approximate surface area is 135 Å². The van der Waals surface area contributed by atoms with Crippen molar-refractivity contribution in [3.05, 3.63) is 45.3 Å². The number of ether oxygens (including phenoxy) is 1. The molecule has 3 rings (SSSR count). The van der Waals surface area contributed by atoms with Crippen molar-refractivity contribution in [3.8, 4) is 17.0 Å². The number of rotatable bonds is 2. The van der Waals surface area contributed by atoms with Crippen molar-refractivity contribution in [3.63, 3.8) is 0 Å². The van der Waals surface area contributed by atoms with Gasteiger partial charge in [-0.05, 0) is 48.0 Å². The number of benzene rings is 1. The normalized spacial score (nSPS) is 11.1. The van der Waals surface area contributed by atoms with Crippen LogP contribution in [0.5, 0.6) is 5.75 Å². The van der Waals surface area contributed by atoms with E-state index in [1.165, 1.54) is 0 Å². The van der Waals surface area contributed by atoms with Gasteiger partial charge in [-0.2, -0.15) is 0 Å². The third-order valence-electron chi connectivity index (χ3n) is 3.39. The maximum atomic E-state index is 6.09. The van der Waals surface area contributed by atoms with Crippen LogP contribution in [-0.4, -0.2) is 21.5 Å². The highest BCUT2D eigenvalue weighted by Crippen LogP contribution is 2.32. The van der Waals surface area contributed by atoms with Crippen LogP contribution in [0.3, 0.4) is 0 Å². The minimum atomic E-state index is 0.643. The van der Waals surface area contributed by atoms with Gasteiger partial charge in [-0.15, -0.1) is 0 Å². The Morgan fingerprint density at radius 3 is 2.71 bits per heavy atom. The first-order valence-corrected chi connectivity index (χ1v) is 7.54. The Bertz CT molecular complexity index is 845. The molecule has 0 atom stereocenters. The fraction of sp³-hybridized carbons (Fsp3) is 0.200. The Balaban J connectivity index is 2.27. The van der Waals surface area contributed by atoms with E-state index in [9.17, 15) is 0 Å². The monoisotopic (exact) mass is 365 g/mol. The van der Waals surface area contributed by atoms with E-state index in [2.05, 4.69) is 25.9 Å². The molecule has 0 amide bonds. The molecule has 0 N–H and O–H groups in total. The van der Waals surface area contributed by atoms with Gasteiger partial charge in [-0.25, -0.2) is 9.97 Å². The van der Waals surface area contributed by atoms with Gasteiger partial charge in [0.05, 0.1) is 23.0 Å². The SMILES string of the molecule is COc1ccc(Cl)cc1-c1cn2c(C)c(Br)c(C)nc2n1. The summed E-state index contributed by atoms with van der Waals surface area (Å²) in [6.45, 7) is 3.97. The van der Waals surface area contributed by atoms with Crippen molar-refractivity contribution in [1.29, 1.82) is 0 Å². The predicted octanol–water partition coefficient (Wildman–Crippen LogP) is 4.44. The molecule has 0 spiro atoms. The van der Waals surface area contributed by atoms with Crippen LogP contribution >= 0.6 is 27.5 Å². The summed E-state index contributed by atoms with van der Waals surface area (Å²) in [7, 11) is 1.63. The molecule has 0 aliphatic rings. The van der Waals surface area contributed by atoms with E-state index in [0.717, 1.165) is 32.9 Å². The first kappa shape index (κ1) is 14.4. The summed E-state index contributed by atoms with van der Waals surface area (Å²) in [5.74, 6) is 1.39. The van der Waals surface area contributed by atoms with E-state index in [1.807, 2.05) is 36.6 Å². The minimum absolute atomic E-state index is 0.643. The summed E-state index contributed by atoms with van der Waals surface area (Å²) in [5.41, 5.74) is 3.60. The molecule has 0 bridgehead atoms. The van der Waals surface area contributed by atoms with Gasteiger partial charge >= 0.3 is 0 Å². The van der Waals surface area contributed by atoms with Crippen LogP contribution in [0, 0.1) is 13.8 Å². The molecule has 0 saturated heterocycles. The lowest BCUT2D eigenvalue weighted by molar-refractivity contribution is 0.416. The molecule has 4 nitrogen and oxygen atoms in total. The maximum absolute atomic E-state index is 6.09. The van der Waals surface area contributed by atoms with E-state index in [-0.39, 0.29) is 0 Å². The minimum Gasteiger partial charge on any atom is -0.496 e. The highest BCUT2D eigenvalue weighted by Gasteiger charge is 2.14. The zero-order valence-electron chi connectivity index (χ0n) is 11.8. The average molecular weight is 367 g/mol. The second kappa shape index (κ2) is 5.31. The van der Waals surface area contributed by atoms with Gasteiger partial charge in [0.1, 0.15) is 5.75 Å². The van der Waals surface area contributed by atoms with E-state index < -0.39 is 0 Å². The fourth-order valence-corrected chi connectivity index (χ4v) is 2.72. The Morgan fingerprint density at radius 2 is 2.00 bits per heavy atom. The number of imidazole rings is 1. The van der Waals surface area contributed by atoms with Crippen LogP contribution < -0.4 is 4.74 Å². The van der Waals surface area contributed by atoms with E-state index >= 15 is 0 Å². The van der Waals surface area contributed by atoms with Crippen molar-refractivity contribution < 1.29 is 4.74 Å². The van der Waals surface area contributed by atoms with Gasteiger partial charge in [0.2, 0.25) is 5.78 Å².